The molecule has 4 rings (SSSR count). The highest BCUT2D eigenvalue weighted by atomic mass is 16.5. The van der Waals surface area contributed by atoms with E-state index in [4.69, 9.17) is 4.74 Å². The third-order valence-electron chi connectivity index (χ3n) is 5.32. The molecule has 0 radical (unpaired) electrons. The Morgan fingerprint density at radius 1 is 1.16 bits per heavy atom. The molecular weight excluding hydrogens is 406 g/mol. The van der Waals surface area contributed by atoms with Gasteiger partial charge in [0.2, 0.25) is 0 Å². The van der Waals surface area contributed by atoms with E-state index in [2.05, 4.69) is 28.3 Å². The number of carbonyl (C=O) groups is 1. The van der Waals surface area contributed by atoms with Crippen LogP contribution in [-0.2, 0) is 6.54 Å². The van der Waals surface area contributed by atoms with Crippen molar-refractivity contribution < 1.29 is 9.53 Å². The third-order valence-corrected chi connectivity index (χ3v) is 5.32. The standard InChI is InChI=1S/C24H25N5O3/c1-4-13-32-21-10-9-17-7-5-6-8-18(17)20(21)15-28(3)24(31)19-14-25-29(16(19)2)22-11-12-23(30)27-26-22/h5-12,14H,4,13,15H2,1-3H3,(H,27,30). The highest BCUT2D eigenvalue weighted by Gasteiger charge is 2.21. The Kier molecular flexibility index (Phi) is 6.02. The monoisotopic (exact) mass is 431 g/mol. The number of amides is 1. The van der Waals surface area contributed by atoms with Crippen LogP contribution in [-0.4, -0.2) is 44.4 Å². The zero-order chi connectivity index (χ0) is 22.7. The Bertz CT molecular complexity index is 1300. The van der Waals surface area contributed by atoms with Crippen LogP contribution in [0.25, 0.3) is 16.6 Å². The van der Waals surface area contributed by atoms with Gasteiger partial charge < -0.3 is 9.64 Å². The summed E-state index contributed by atoms with van der Waals surface area (Å²) in [6.45, 7) is 4.87. The van der Waals surface area contributed by atoms with Crippen molar-refractivity contribution in [3.63, 3.8) is 0 Å². The zero-order valence-corrected chi connectivity index (χ0v) is 18.3. The first-order chi connectivity index (χ1) is 15.5. The predicted molar refractivity (Wildman–Crippen MR) is 122 cm³/mol. The number of aromatic nitrogens is 4. The van der Waals surface area contributed by atoms with E-state index in [1.54, 1.807) is 24.9 Å². The molecule has 2 aromatic carbocycles. The molecule has 8 heteroatoms. The second-order valence-electron chi connectivity index (χ2n) is 7.61. The van der Waals surface area contributed by atoms with Crippen molar-refractivity contribution in [3.8, 4) is 11.6 Å². The quantitative estimate of drug-likeness (QED) is 0.484. The molecule has 0 saturated heterocycles. The topological polar surface area (TPSA) is 93.1 Å². The molecule has 1 N–H and O–H groups in total. The van der Waals surface area contributed by atoms with Crippen molar-refractivity contribution in [3.05, 3.63) is 81.9 Å². The summed E-state index contributed by atoms with van der Waals surface area (Å²) in [4.78, 5) is 26.2. The molecule has 0 aliphatic carbocycles. The molecular formula is C24H25N5O3. The van der Waals surface area contributed by atoms with Crippen LogP contribution in [0.5, 0.6) is 5.75 Å². The van der Waals surface area contributed by atoms with Crippen LogP contribution >= 0.6 is 0 Å². The van der Waals surface area contributed by atoms with Gasteiger partial charge in [0.1, 0.15) is 5.75 Å². The number of fused-ring (bicyclic) bond motifs is 1. The third kappa shape index (κ3) is 4.12. The fourth-order valence-corrected chi connectivity index (χ4v) is 3.65. The minimum atomic E-state index is -0.300. The summed E-state index contributed by atoms with van der Waals surface area (Å²) < 4.78 is 7.52. The number of hydrogen-bond donors (Lipinski definition) is 1. The molecule has 2 heterocycles. The molecule has 0 aliphatic rings. The largest absolute Gasteiger partial charge is 0.493 e. The van der Waals surface area contributed by atoms with E-state index in [0.29, 0.717) is 30.2 Å². The molecule has 0 saturated carbocycles. The van der Waals surface area contributed by atoms with Crippen LogP contribution < -0.4 is 10.3 Å². The Balaban J connectivity index is 1.64. The second kappa shape index (κ2) is 9.05. The minimum absolute atomic E-state index is 0.160. The van der Waals surface area contributed by atoms with Crippen molar-refractivity contribution in [1.29, 1.82) is 0 Å². The van der Waals surface area contributed by atoms with Gasteiger partial charge in [0.15, 0.2) is 5.82 Å². The Hall–Kier alpha value is -3.94. The first-order valence-electron chi connectivity index (χ1n) is 10.5. The van der Waals surface area contributed by atoms with Crippen LogP contribution in [0.15, 0.2) is 59.5 Å². The number of nitrogens with one attached hydrogen (secondary N) is 1. The van der Waals surface area contributed by atoms with Gasteiger partial charge in [-0.15, -0.1) is 0 Å². The molecule has 0 atom stereocenters. The average Bonchev–Trinajstić information content (AvgIpc) is 3.19. The van der Waals surface area contributed by atoms with Crippen LogP contribution in [0.4, 0.5) is 0 Å². The maximum atomic E-state index is 13.3. The normalized spacial score (nSPS) is 11.0. The van der Waals surface area contributed by atoms with Gasteiger partial charge in [0.05, 0.1) is 24.1 Å². The second-order valence-corrected chi connectivity index (χ2v) is 7.61. The maximum Gasteiger partial charge on any atom is 0.264 e. The smallest absolute Gasteiger partial charge is 0.264 e. The van der Waals surface area contributed by atoms with Gasteiger partial charge in [-0.25, -0.2) is 9.78 Å². The molecule has 1 amide bonds. The fourth-order valence-electron chi connectivity index (χ4n) is 3.65. The number of aromatic amines is 1. The van der Waals surface area contributed by atoms with E-state index in [-0.39, 0.29) is 11.5 Å². The number of ether oxygens (including phenoxy) is 1. The van der Waals surface area contributed by atoms with Gasteiger partial charge in [0.25, 0.3) is 11.5 Å². The summed E-state index contributed by atoms with van der Waals surface area (Å²) in [6, 6.07) is 15.0. The summed E-state index contributed by atoms with van der Waals surface area (Å²) in [5.41, 5.74) is 1.78. The van der Waals surface area contributed by atoms with E-state index in [9.17, 15) is 9.59 Å². The lowest BCUT2D eigenvalue weighted by molar-refractivity contribution is 0.0784. The number of rotatable bonds is 7. The van der Waals surface area contributed by atoms with Crippen LogP contribution in [0.1, 0.15) is 35.0 Å². The number of H-pyrrole nitrogens is 1. The van der Waals surface area contributed by atoms with Gasteiger partial charge >= 0.3 is 0 Å². The molecule has 164 valence electrons. The van der Waals surface area contributed by atoms with Crippen LogP contribution in [0.3, 0.4) is 0 Å². The van der Waals surface area contributed by atoms with E-state index in [1.807, 2.05) is 30.3 Å². The van der Waals surface area contributed by atoms with E-state index in [0.717, 1.165) is 28.5 Å². The molecule has 0 fully saturated rings. The number of benzene rings is 2. The lowest BCUT2D eigenvalue weighted by Gasteiger charge is -2.21. The number of nitrogens with zero attached hydrogens (tertiary/aromatic N) is 4. The summed E-state index contributed by atoms with van der Waals surface area (Å²) in [5, 5.41) is 12.8. The van der Waals surface area contributed by atoms with Crippen LogP contribution in [0.2, 0.25) is 0 Å². The van der Waals surface area contributed by atoms with Crippen LogP contribution in [0, 0.1) is 6.92 Å². The van der Waals surface area contributed by atoms with Crippen molar-refractivity contribution in [2.24, 2.45) is 0 Å². The average molecular weight is 431 g/mol. The van der Waals surface area contributed by atoms with Gasteiger partial charge in [-0.1, -0.05) is 37.3 Å². The highest BCUT2D eigenvalue weighted by Crippen LogP contribution is 2.30. The van der Waals surface area contributed by atoms with Gasteiger partial charge in [-0.05, 0) is 36.2 Å². The molecule has 0 bridgehead atoms. The molecule has 0 unspecified atom stereocenters. The zero-order valence-electron chi connectivity index (χ0n) is 18.3. The fraction of sp³-hybridized carbons (Fsp3) is 0.250. The SMILES string of the molecule is CCCOc1ccc2ccccc2c1CN(C)C(=O)c1cnn(-c2ccc(=O)[nH]n2)c1C. The molecule has 32 heavy (non-hydrogen) atoms. The molecule has 0 spiro atoms. The van der Waals surface area contributed by atoms with Gasteiger partial charge in [-0.2, -0.15) is 10.2 Å². The minimum Gasteiger partial charge on any atom is -0.493 e. The Labute approximate surface area is 185 Å². The molecule has 4 aromatic rings. The number of carbonyl (C=O) groups excluding carboxylic acids is 1. The Morgan fingerprint density at radius 2 is 1.97 bits per heavy atom. The van der Waals surface area contributed by atoms with Gasteiger partial charge in [0, 0.05) is 25.2 Å². The van der Waals surface area contributed by atoms with Crippen molar-refractivity contribution >= 4 is 16.7 Å². The van der Waals surface area contributed by atoms with E-state index >= 15 is 0 Å². The molecule has 0 aliphatic heterocycles. The first kappa shape index (κ1) is 21.3. The Morgan fingerprint density at radius 3 is 2.72 bits per heavy atom. The van der Waals surface area contributed by atoms with Crippen molar-refractivity contribution in [1.82, 2.24) is 24.9 Å². The number of hydrogen-bond acceptors (Lipinski definition) is 5. The summed E-state index contributed by atoms with van der Waals surface area (Å²) in [6.07, 6.45) is 2.43. The van der Waals surface area contributed by atoms with Crippen molar-refractivity contribution in [2.75, 3.05) is 13.7 Å². The lowest BCUT2D eigenvalue weighted by atomic mass is 10.0. The summed E-state index contributed by atoms with van der Waals surface area (Å²) in [5.74, 6) is 1.07. The van der Waals surface area contributed by atoms with E-state index in [1.165, 1.54) is 16.9 Å². The summed E-state index contributed by atoms with van der Waals surface area (Å²) >= 11 is 0. The molecule has 2 aromatic heterocycles. The van der Waals surface area contributed by atoms with E-state index < -0.39 is 0 Å². The first-order valence-corrected chi connectivity index (χ1v) is 10.5. The highest BCUT2D eigenvalue weighted by molar-refractivity contribution is 5.95. The maximum absolute atomic E-state index is 13.3. The van der Waals surface area contributed by atoms with Gasteiger partial charge in [-0.3, -0.25) is 9.59 Å². The van der Waals surface area contributed by atoms with Crippen molar-refractivity contribution in [2.45, 2.75) is 26.8 Å². The molecule has 8 nitrogen and oxygen atoms in total. The predicted octanol–water partition coefficient (Wildman–Crippen LogP) is 3.48. The lowest BCUT2D eigenvalue weighted by Crippen LogP contribution is -2.27. The summed E-state index contributed by atoms with van der Waals surface area (Å²) in [7, 11) is 1.77.